The van der Waals surface area contributed by atoms with Crippen LogP contribution < -0.4 is 10.4 Å². The van der Waals surface area contributed by atoms with E-state index in [1.165, 1.54) is 4.90 Å². The second-order valence-electron chi connectivity index (χ2n) is 8.98. The first-order valence-corrected chi connectivity index (χ1v) is 13.9. The number of hydrogen-bond donors (Lipinski definition) is 4. The first kappa shape index (κ1) is 26.9. The number of hydrogen-bond acceptors (Lipinski definition) is 4. The summed E-state index contributed by atoms with van der Waals surface area (Å²) in [6, 6.07) is 12.0. The van der Waals surface area contributed by atoms with Gasteiger partial charge in [0, 0.05) is 12.7 Å². The Morgan fingerprint density at radius 2 is 1.91 bits per heavy atom. The van der Waals surface area contributed by atoms with E-state index in [9.17, 15) is 28.9 Å². The molecule has 10 heteroatoms. The fraction of sp³-hybridized carbons (Fsp3) is 0.480. The topological polar surface area (TPSA) is 136 Å². The lowest BCUT2D eigenvalue weighted by atomic mass is 10.1. The number of carbonyl (C=O) groups excluding carboxylic acids is 2. The number of carboxylic acid groups (broad SMARTS) is 1. The third-order valence-electron chi connectivity index (χ3n) is 6.33. The highest BCUT2D eigenvalue weighted by Crippen LogP contribution is 2.36. The smallest absolute Gasteiger partial charge is 0.326 e. The van der Waals surface area contributed by atoms with E-state index >= 15 is 0 Å². The van der Waals surface area contributed by atoms with Gasteiger partial charge in [0.25, 0.3) is 7.52 Å². The van der Waals surface area contributed by atoms with Crippen LogP contribution in [0.2, 0.25) is 0 Å². The molecular formula is C25H34N3O6P. The number of fused-ring (bicyclic) bond motifs is 1. The second-order valence-corrected chi connectivity index (χ2v) is 11.1. The summed E-state index contributed by atoms with van der Waals surface area (Å²) in [5.41, 5.74) is 0.929. The summed E-state index contributed by atoms with van der Waals surface area (Å²) < 4.78 is 12.6. The predicted molar refractivity (Wildman–Crippen MR) is 134 cm³/mol. The molecule has 2 aromatic rings. The maximum atomic E-state index is 12.8. The number of nitrogens with zero attached hydrogens (tertiary/aromatic N) is 1. The van der Waals surface area contributed by atoms with Crippen molar-refractivity contribution >= 4 is 36.1 Å². The van der Waals surface area contributed by atoms with Gasteiger partial charge in [-0.2, -0.15) is 0 Å². The molecule has 1 unspecified atom stereocenters. The zero-order chi connectivity index (χ0) is 25.4. The Morgan fingerprint density at radius 3 is 2.63 bits per heavy atom. The minimum atomic E-state index is -3.78. The summed E-state index contributed by atoms with van der Waals surface area (Å²) in [7, 11) is -3.78. The van der Waals surface area contributed by atoms with Crippen LogP contribution in [0.3, 0.4) is 0 Å². The van der Waals surface area contributed by atoms with Crippen molar-refractivity contribution < 1.29 is 28.9 Å². The van der Waals surface area contributed by atoms with Gasteiger partial charge in [-0.25, -0.2) is 9.88 Å². The van der Waals surface area contributed by atoms with Crippen LogP contribution in [0.5, 0.6) is 0 Å². The predicted octanol–water partition coefficient (Wildman–Crippen LogP) is 2.91. The van der Waals surface area contributed by atoms with E-state index in [4.69, 9.17) is 0 Å². The van der Waals surface area contributed by atoms with E-state index in [-0.39, 0.29) is 12.7 Å². The number of carbonyl (C=O) groups is 3. The molecule has 2 amide bonds. The van der Waals surface area contributed by atoms with Crippen LogP contribution in [0.25, 0.3) is 10.8 Å². The lowest BCUT2D eigenvalue weighted by molar-refractivity contribution is -0.143. The number of rotatable bonds is 12. The summed E-state index contributed by atoms with van der Waals surface area (Å²) in [4.78, 5) is 48.6. The second kappa shape index (κ2) is 12.3. The van der Waals surface area contributed by atoms with E-state index in [0.717, 1.165) is 22.8 Å². The zero-order valence-electron chi connectivity index (χ0n) is 20.0. The molecule has 0 radical (unpaired) electrons. The van der Waals surface area contributed by atoms with Crippen LogP contribution in [-0.2, 0) is 25.4 Å². The standard InChI is InChI=1S/C25H34N3O6P/c1-2-3-9-21(25(31)32)27-24(30)22-10-6-14-28(22)23(29)17-26-35(33,34)15-13-18-11-12-19-7-4-5-8-20(19)16-18/h4-5,7-8,11-12,16,21-22H,2-3,6,9-10,13-15,17H2,1H3,(H,27,30)(H,31,32)(H2,26,33,34)/t21-,22-/m0/s1. The largest absolute Gasteiger partial charge is 0.480 e. The van der Waals surface area contributed by atoms with E-state index < -0.39 is 37.4 Å². The monoisotopic (exact) mass is 503 g/mol. The minimum Gasteiger partial charge on any atom is -0.480 e. The Bertz CT molecular complexity index is 1110. The molecule has 2 aromatic carbocycles. The number of unbranched alkanes of at least 4 members (excludes halogenated alkanes) is 1. The Labute approximate surface area is 205 Å². The fourth-order valence-corrected chi connectivity index (χ4v) is 5.42. The number of aliphatic carboxylic acids is 1. The fourth-order valence-electron chi connectivity index (χ4n) is 4.32. The van der Waals surface area contributed by atoms with Gasteiger partial charge in [0.1, 0.15) is 12.1 Å². The summed E-state index contributed by atoms with van der Waals surface area (Å²) in [5, 5.41) is 16.5. The Balaban J connectivity index is 1.52. The molecule has 0 aliphatic carbocycles. The van der Waals surface area contributed by atoms with E-state index in [1.54, 1.807) is 0 Å². The highest BCUT2D eigenvalue weighted by molar-refractivity contribution is 7.55. The average Bonchev–Trinajstić information content (AvgIpc) is 3.34. The van der Waals surface area contributed by atoms with Crippen LogP contribution in [0.1, 0.15) is 44.6 Å². The molecule has 3 rings (SSSR count). The van der Waals surface area contributed by atoms with Crippen molar-refractivity contribution in [1.29, 1.82) is 0 Å². The summed E-state index contributed by atoms with van der Waals surface area (Å²) in [5.74, 6) is -2.05. The first-order chi connectivity index (χ1) is 16.7. The molecule has 0 bridgehead atoms. The van der Waals surface area contributed by atoms with Crippen molar-refractivity contribution in [2.24, 2.45) is 0 Å². The quantitative estimate of drug-likeness (QED) is 0.327. The Morgan fingerprint density at radius 1 is 1.17 bits per heavy atom. The molecule has 1 fully saturated rings. The van der Waals surface area contributed by atoms with Crippen LogP contribution >= 0.6 is 7.52 Å². The van der Waals surface area contributed by atoms with E-state index in [1.807, 2.05) is 49.4 Å². The molecule has 1 aliphatic heterocycles. The molecule has 4 N–H and O–H groups in total. The number of amides is 2. The maximum absolute atomic E-state index is 12.8. The molecule has 1 saturated heterocycles. The lowest BCUT2D eigenvalue weighted by Gasteiger charge is -2.26. The van der Waals surface area contributed by atoms with Gasteiger partial charge in [0.05, 0.1) is 6.54 Å². The van der Waals surface area contributed by atoms with Crippen molar-refractivity contribution in [3.05, 3.63) is 48.0 Å². The van der Waals surface area contributed by atoms with Gasteiger partial charge >= 0.3 is 5.97 Å². The SMILES string of the molecule is CCCC[C@H](NC(=O)[C@@H]1CCCN1C(=O)CNP(=O)(O)CCc1ccc2ccccc2c1)C(=O)O. The van der Waals surface area contributed by atoms with Crippen LogP contribution in [0.15, 0.2) is 42.5 Å². The molecule has 1 aliphatic rings. The van der Waals surface area contributed by atoms with Crippen LogP contribution in [0.4, 0.5) is 0 Å². The lowest BCUT2D eigenvalue weighted by Crippen LogP contribution is -2.52. The Kier molecular flexibility index (Phi) is 9.43. The summed E-state index contributed by atoms with van der Waals surface area (Å²) in [6.07, 6.45) is 3.18. The van der Waals surface area contributed by atoms with Crippen molar-refractivity contribution in [2.75, 3.05) is 19.3 Å². The van der Waals surface area contributed by atoms with Gasteiger partial charge in [-0.15, -0.1) is 0 Å². The molecule has 35 heavy (non-hydrogen) atoms. The van der Waals surface area contributed by atoms with Crippen molar-refractivity contribution in [3.63, 3.8) is 0 Å². The normalized spacial score (nSPS) is 18.2. The van der Waals surface area contributed by atoms with Crippen LogP contribution in [0, 0.1) is 0 Å². The minimum absolute atomic E-state index is 0.0275. The highest BCUT2D eigenvalue weighted by Gasteiger charge is 2.36. The third kappa shape index (κ3) is 7.62. The molecule has 190 valence electrons. The summed E-state index contributed by atoms with van der Waals surface area (Å²) in [6.45, 7) is 1.92. The van der Waals surface area contributed by atoms with Gasteiger partial charge in [-0.1, -0.05) is 62.2 Å². The van der Waals surface area contributed by atoms with Gasteiger partial charge in [0.15, 0.2) is 0 Å². The molecule has 3 atom stereocenters. The average molecular weight is 504 g/mol. The third-order valence-corrected chi connectivity index (χ3v) is 7.81. The number of likely N-dealkylation sites (tertiary alicyclic amines) is 1. The molecule has 1 heterocycles. The zero-order valence-corrected chi connectivity index (χ0v) is 20.9. The van der Waals surface area contributed by atoms with E-state index in [2.05, 4.69) is 10.4 Å². The number of nitrogens with one attached hydrogen (secondary N) is 2. The van der Waals surface area contributed by atoms with Gasteiger partial charge < -0.3 is 20.2 Å². The number of benzene rings is 2. The van der Waals surface area contributed by atoms with Gasteiger partial charge in [-0.05, 0) is 42.0 Å². The number of carboxylic acids is 1. The van der Waals surface area contributed by atoms with Crippen LogP contribution in [-0.4, -0.2) is 64.0 Å². The Hall–Kier alpha value is -2.74. The molecule has 9 nitrogen and oxygen atoms in total. The molecular weight excluding hydrogens is 469 g/mol. The van der Waals surface area contributed by atoms with E-state index in [0.29, 0.717) is 38.6 Å². The van der Waals surface area contributed by atoms with Crippen molar-refractivity contribution in [3.8, 4) is 0 Å². The van der Waals surface area contributed by atoms with Crippen molar-refractivity contribution in [2.45, 2.75) is 57.5 Å². The van der Waals surface area contributed by atoms with Crippen molar-refractivity contribution in [1.82, 2.24) is 15.3 Å². The summed E-state index contributed by atoms with van der Waals surface area (Å²) >= 11 is 0. The molecule has 0 saturated carbocycles. The maximum Gasteiger partial charge on any atom is 0.326 e. The first-order valence-electron chi connectivity index (χ1n) is 12.1. The van der Waals surface area contributed by atoms with Gasteiger partial charge in [-0.3, -0.25) is 14.2 Å². The highest BCUT2D eigenvalue weighted by atomic mass is 31.2. The number of aryl methyl sites for hydroxylation is 1. The molecule has 0 aromatic heterocycles. The molecule has 0 spiro atoms. The van der Waals surface area contributed by atoms with Gasteiger partial charge in [0.2, 0.25) is 11.8 Å².